The summed E-state index contributed by atoms with van der Waals surface area (Å²) in [6, 6.07) is 0. The van der Waals surface area contributed by atoms with Gasteiger partial charge < -0.3 is 14.4 Å². The van der Waals surface area contributed by atoms with Crippen LogP contribution in [0.5, 0.6) is 0 Å². The standard InChI is InChI=1S/C47H81O8P/c1-4-7-9-11-13-15-17-19-21-23-24-26-28-30-32-34-36-38-40-42-47(49)55-45(44-54-56(50,51)53-6-3)43-52-46(48)41-39-37-35-33-31-29-27-25-22-20-18-16-14-12-10-8-5-2/h8,10,13-16,19-22,24,26,45H,4-7,9,11-12,17-18,23,25,27-44H2,1-3H3,(H,50,51)/b10-8-,15-13-,16-14-,21-19-,22-20-,26-24-. The van der Waals surface area contributed by atoms with Crippen molar-refractivity contribution in [3.8, 4) is 0 Å². The highest BCUT2D eigenvalue weighted by molar-refractivity contribution is 7.47. The van der Waals surface area contributed by atoms with Gasteiger partial charge in [-0.1, -0.05) is 157 Å². The Balaban J connectivity index is 4.12. The molecule has 0 saturated carbocycles. The van der Waals surface area contributed by atoms with E-state index in [1.165, 1.54) is 44.9 Å². The first-order chi connectivity index (χ1) is 27.3. The molecule has 0 aromatic heterocycles. The number of unbranched alkanes of at least 4 members (excludes halogenated alkanes) is 16. The number of carbonyl (C=O) groups excluding carboxylic acids is 2. The topological polar surface area (TPSA) is 108 Å². The molecule has 56 heavy (non-hydrogen) atoms. The van der Waals surface area contributed by atoms with Crippen molar-refractivity contribution < 1.29 is 37.6 Å². The molecule has 0 bridgehead atoms. The monoisotopic (exact) mass is 805 g/mol. The largest absolute Gasteiger partial charge is 0.472 e. The van der Waals surface area contributed by atoms with E-state index in [-0.39, 0.29) is 32.0 Å². The zero-order chi connectivity index (χ0) is 41.1. The summed E-state index contributed by atoms with van der Waals surface area (Å²) >= 11 is 0. The maximum atomic E-state index is 12.6. The maximum absolute atomic E-state index is 12.6. The summed E-state index contributed by atoms with van der Waals surface area (Å²) in [6.07, 6.45) is 52.3. The van der Waals surface area contributed by atoms with Crippen molar-refractivity contribution >= 4 is 19.8 Å². The summed E-state index contributed by atoms with van der Waals surface area (Å²) in [4.78, 5) is 34.8. The second-order valence-corrected chi connectivity index (χ2v) is 15.8. The van der Waals surface area contributed by atoms with E-state index in [0.29, 0.717) is 6.42 Å². The molecular formula is C47H81O8P. The molecule has 0 aliphatic carbocycles. The second-order valence-electron chi connectivity index (χ2n) is 14.3. The van der Waals surface area contributed by atoms with Crippen molar-refractivity contribution in [2.45, 2.75) is 194 Å². The molecule has 0 rings (SSSR count). The van der Waals surface area contributed by atoms with E-state index in [0.717, 1.165) is 103 Å². The van der Waals surface area contributed by atoms with Crippen LogP contribution in [0.1, 0.15) is 188 Å². The van der Waals surface area contributed by atoms with Crippen LogP contribution < -0.4 is 0 Å². The minimum atomic E-state index is -4.29. The molecule has 0 aromatic rings. The van der Waals surface area contributed by atoms with Crippen molar-refractivity contribution in [1.29, 1.82) is 0 Å². The normalized spacial score (nSPS) is 14.0. The number of hydrogen-bond acceptors (Lipinski definition) is 7. The quantitative estimate of drug-likeness (QED) is 0.0282. The van der Waals surface area contributed by atoms with Gasteiger partial charge in [-0.2, -0.15) is 0 Å². The highest BCUT2D eigenvalue weighted by atomic mass is 31.2. The molecule has 0 aliphatic heterocycles. The lowest BCUT2D eigenvalue weighted by Gasteiger charge is -2.19. The number of carbonyl (C=O) groups is 2. The van der Waals surface area contributed by atoms with Gasteiger partial charge in [0.05, 0.1) is 13.2 Å². The van der Waals surface area contributed by atoms with Crippen molar-refractivity contribution in [2.24, 2.45) is 0 Å². The van der Waals surface area contributed by atoms with Crippen LogP contribution in [-0.2, 0) is 32.7 Å². The molecule has 0 spiro atoms. The maximum Gasteiger partial charge on any atom is 0.472 e. The number of phosphoric ester groups is 1. The Morgan fingerprint density at radius 1 is 0.500 bits per heavy atom. The Kier molecular flexibility index (Phi) is 40.2. The van der Waals surface area contributed by atoms with E-state index < -0.39 is 26.5 Å². The summed E-state index contributed by atoms with van der Waals surface area (Å²) in [5, 5.41) is 0. The van der Waals surface area contributed by atoms with Crippen LogP contribution in [0, 0.1) is 0 Å². The van der Waals surface area contributed by atoms with Crippen LogP contribution in [0.15, 0.2) is 72.9 Å². The number of allylic oxidation sites excluding steroid dienone is 12. The van der Waals surface area contributed by atoms with E-state index in [2.05, 4.69) is 86.8 Å². The number of hydrogen-bond donors (Lipinski definition) is 1. The van der Waals surface area contributed by atoms with Gasteiger partial charge in [0, 0.05) is 12.8 Å². The fourth-order valence-corrected chi connectivity index (χ4v) is 6.52. The first kappa shape index (κ1) is 53.5. The summed E-state index contributed by atoms with van der Waals surface area (Å²) in [6.45, 7) is 5.31. The third kappa shape index (κ3) is 41.1. The fourth-order valence-electron chi connectivity index (χ4n) is 5.77. The van der Waals surface area contributed by atoms with Crippen LogP contribution in [0.3, 0.4) is 0 Å². The Labute approximate surface area is 343 Å². The Morgan fingerprint density at radius 3 is 1.38 bits per heavy atom. The molecule has 0 heterocycles. The Bertz CT molecular complexity index is 1140. The average molecular weight is 805 g/mol. The molecule has 2 atom stereocenters. The molecule has 0 fully saturated rings. The molecule has 0 aromatic carbocycles. The number of ether oxygens (including phenoxy) is 2. The van der Waals surface area contributed by atoms with Gasteiger partial charge in [-0.25, -0.2) is 4.57 Å². The van der Waals surface area contributed by atoms with Gasteiger partial charge in [0.25, 0.3) is 0 Å². The van der Waals surface area contributed by atoms with Crippen LogP contribution >= 0.6 is 7.82 Å². The van der Waals surface area contributed by atoms with E-state index >= 15 is 0 Å². The third-order valence-electron chi connectivity index (χ3n) is 9.00. The molecule has 2 unspecified atom stereocenters. The first-order valence-corrected chi connectivity index (χ1v) is 23.7. The lowest BCUT2D eigenvalue weighted by atomic mass is 10.1. The molecular weight excluding hydrogens is 723 g/mol. The van der Waals surface area contributed by atoms with E-state index in [4.69, 9.17) is 18.5 Å². The minimum Gasteiger partial charge on any atom is -0.462 e. The van der Waals surface area contributed by atoms with Crippen molar-refractivity contribution in [2.75, 3.05) is 19.8 Å². The van der Waals surface area contributed by atoms with Gasteiger partial charge in [0.15, 0.2) is 6.10 Å². The van der Waals surface area contributed by atoms with Gasteiger partial charge in [-0.15, -0.1) is 0 Å². The molecule has 8 nitrogen and oxygen atoms in total. The van der Waals surface area contributed by atoms with Crippen molar-refractivity contribution in [3.05, 3.63) is 72.9 Å². The van der Waals surface area contributed by atoms with Gasteiger partial charge in [-0.05, 0) is 90.4 Å². The van der Waals surface area contributed by atoms with Crippen LogP contribution in [-0.4, -0.2) is 42.8 Å². The van der Waals surface area contributed by atoms with Crippen LogP contribution in [0.4, 0.5) is 0 Å². The molecule has 0 saturated heterocycles. The summed E-state index contributed by atoms with van der Waals surface area (Å²) in [5.41, 5.74) is 0. The van der Waals surface area contributed by atoms with E-state index in [1.54, 1.807) is 6.92 Å². The fraction of sp³-hybridized carbons (Fsp3) is 0.702. The molecule has 9 heteroatoms. The van der Waals surface area contributed by atoms with E-state index in [9.17, 15) is 19.0 Å². The Hall–Kier alpha value is -2.51. The van der Waals surface area contributed by atoms with E-state index in [1.807, 2.05) is 0 Å². The van der Waals surface area contributed by atoms with Crippen LogP contribution in [0.2, 0.25) is 0 Å². The zero-order valence-corrected chi connectivity index (χ0v) is 36.7. The predicted octanol–water partition coefficient (Wildman–Crippen LogP) is 14.1. The highest BCUT2D eigenvalue weighted by Gasteiger charge is 2.25. The zero-order valence-electron chi connectivity index (χ0n) is 35.8. The molecule has 0 amide bonds. The molecule has 0 aliphatic rings. The predicted molar refractivity (Wildman–Crippen MR) is 234 cm³/mol. The lowest BCUT2D eigenvalue weighted by molar-refractivity contribution is -0.161. The number of phosphoric acid groups is 1. The number of esters is 2. The summed E-state index contributed by atoms with van der Waals surface area (Å²) < 4.78 is 32.7. The third-order valence-corrected chi connectivity index (χ3v) is 10.1. The van der Waals surface area contributed by atoms with Gasteiger partial charge in [0.1, 0.15) is 6.61 Å². The highest BCUT2D eigenvalue weighted by Crippen LogP contribution is 2.43. The Morgan fingerprint density at radius 2 is 0.911 bits per heavy atom. The summed E-state index contributed by atoms with van der Waals surface area (Å²) in [5.74, 6) is -0.828. The smallest absolute Gasteiger partial charge is 0.462 e. The van der Waals surface area contributed by atoms with Gasteiger partial charge in [-0.3, -0.25) is 18.6 Å². The molecule has 0 radical (unpaired) electrons. The average Bonchev–Trinajstić information content (AvgIpc) is 3.18. The first-order valence-electron chi connectivity index (χ1n) is 22.2. The molecule has 1 N–H and O–H groups in total. The van der Waals surface area contributed by atoms with Gasteiger partial charge in [0.2, 0.25) is 0 Å². The second kappa shape index (κ2) is 42.1. The summed E-state index contributed by atoms with van der Waals surface area (Å²) in [7, 11) is -4.29. The SMILES string of the molecule is CC/C=C\C/C=C\C/C=C\CCCCCCCCCC(=O)OCC(COP(=O)(O)OCC)OC(=O)CCCCCCCC/C=C\C/C=C\C/C=C\CCCCC. The molecule has 322 valence electrons. The van der Waals surface area contributed by atoms with Crippen molar-refractivity contribution in [3.63, 3.8) is 0 Å². The lowest BCUT2D eigenvalue weighted by Crippen LogP contribution is -2.29. The number of rotatable bonds is 40. The minimum absolute atomic E-state index is 0.00769. The van der Waals surface area contributed by atoms with Crippen LogP contribution in [0.25, 0.3) is 0 Å². The van der Waals surface area contributed by atoms with Gasteiger partial charge >= 0.3 is 19.8 Å². The van der Waals surface area contributed by atoms with Crippen molar-refractivity contribution in [1.82, 2.24) is 0 Å².